The molecule has 0 atom stereocenters. The van der Waals surface area contributed by atoms with Crippen molar-refractivity contribution in [2.24, 2.45) is 5.92 Å². The quantitative estimate of drug-likeness (QED) is 0.811. The molecule has 0 saturated carbocycles. The second kappa shape index (κ2) is 9.39. The van der Waals surface area contributed by atoms with Gasteiger partial charge < -0.3 is 15.0 Å². The molecule has 0 bridgehead atoms. The van der Waals surface area contributed by atoms with Gasteiger partial charge >= 0.3 is 0 Å². The lowest BCUT2D eigenvalue weighted by molar-refractivity contribution is -0.126. The van der Waals surface area contributed by atoms with Crippen LogP contribution in [-0.2, 0) is 11.3 Å². The van der Waals surface area contributed by atoms with Crippen molar-refractivity contribution in [2.75, 3.05) is 19.6 Å². The average Bonchev–Trinajstić information content (AvgIpc) is 2.68. The molecule has 138 valence electrons. The molecule has 2 aromatic rings. The van der Waals surface area contributed by atoms with E-state index in [-0.39, 0.29) is 11.8 Å². The van der Waals surface area contributed by atoms with Crippen LogP contribution in [0.3, 0.4) is 0 Å². The summed E-state index contributed by atoms with van der Waals surface area (Å²) in [6.07, 6.45) is 3.10. The number of benzene rings is 2. The van der Waals surface area contributed by atoms with E-state index in [9.17, 15) is 4.79 Å². The topological polar surface area (TPSA) is 41.6 Å². The monoisotopic (exact) mass is 352 g/mol. The van der Waals surface area contributed by atoms with Crippen molar-refractivity contribution in [3.8, 4) is 11.5 Å². The number of hydrogen-bond acceptors (Lipinski definition) is 3. The van der Waals surface area contributed by atoms with E-state index >= 15 is 0 Å². The van der Waals surface area contributed by atoms with Crippen LogP contribution in [0.15, 0.2) is 54.6 Å². The third kappa shape index (κ3) is 5.33. The predicted octanol–water partition coefficient (Wildman–Crippen LogP) is 4.22. The molecule has 1 aliphatic heterocycles. The fourth-order valence-corrected chi connectivity index (χ4v) is 3.41. The maximum absolute atomic E-state index is 12.5. The van der Waals surface area contributed by atoms with Gasteiger partial charge in [0.1, 0.15) is 11.5 Å². The minimum absolute atomic E-state index is 0.145. The highest BCUT2D eigenvalue weighted by molar-refractivity contribution is 5.78. The van der Waals surface area contributed by atoms with Gasteiger partial charge in [-0.3, -0.25) is 4.79 Å². The molecule has 0 unspecified atom stereocenters. The molecule has 0 aliphatic carbocycles. The maximum atomic E-state index is 12.5. The Kier molecular flexibility index (Phi) is 6.67. The SMILES string of the molecule is CCCN1CCC(C(=O)NCc2cccc(Oc3ccccc3)c2)CC1. The number of hydrogen-bond donors (Lipinski definition) is 1. The maximum Gasteiger partial charge on any atom is 0.223 e. The zero-order chi connectivity index (χ0) is 18.2. The number of nitrogens with zero attached hydrogens (tertiary/aromatic N) is 1. The van der Waals surface area contributed by atoms with E-state index in [0.29, 0.717) is 6.54 Å². The highest BCUT2D eigenvalue weighted by atomic mass is 16.5. The number of piperidine rings is 1. The zero-order valence-corrected chi connectivity index (χ0v) is 15.5. The van der Waals surface area contributed by atoms with Gasteiger partial charge in [0.25, 0.3) is 0 Å². The van der Waals surface area contributed by atoms with Gasteiger partial charge in [0.15, 0.2) is 0 Å². The molecular formula is C22H28N2O2. The lowest BCUT2D eigenvalue weighted by Gasteiger charge is -2.30. The normalized spacial score (nSPS) is 15.6. The number of carbonyl (C=O) groups excluding carboxylic acids is 1. The average molecular weight is 352 g/mol. The molecule has 2 aromatic carbocycles. The second-order valence-corrected chi connectivity index (χ2v) is 6.90. The van der Waals surface area contributed by atoms with Crippen LogP contribution in [0.2, 0.25) is 0 Å². The lowest BCUT2D eigenvalue weighted by atomic mass is 9.95. The summed E-state index contributed by atoms with van der Waals surface area (Å²) in [7, 11) is 0. The van der Waals surface area contributed by atoms with Crippen LogP contribution >= 0.6 is 0 Å². The molecule has 1 saturated heterocycles. The molecule has 4 heteroatoms. The van der Waals surface area contributed by atoms with E-state index in [1.807, 2.05) is 54.6 Å². The van der Waals surface area contributed by atoms with Crippen LogP contribution in [0, 0.1) is 5.92 Å². The van der Waals surface area contributed by atoms with Crippen molar-refractivity contribution in [3.05, 3.63) is 60.2 Å². The van der Waals surface area contributed by atoms with E-state index < -0.39 is 0 Å². The Balaban J connectivity index is 1.49. The molecule has 1 aliphatic rings. The Morgan fingerprint density at radius 1 is 1.08 bits per heavy atom. The van der Waals surface area contributed by atoms with Crippen molar-refractivity contribution in [2.45, 2.75) is 32.7 Å². The van der Waals surface area contributed by atoms with Crippen LogP contribution in [0.5, 0.6) is 11.5 Å². The summed E-state index contributed by atoms with van der Waals surface area (Å²) >= 11 is 0. The Morgan fingerprint density at radius 3 is 2.54 bits per heavy atom. The van der Waals surface area contributed by atoms with E-state index in [1.165, 1.54) is 6.42 Å². The smallest absolute Gasteiger partial charge is 0.223 e. The van der Waals surface area contributed by atoms with Crippen molar-refractivity contribution >= 4 is 5.91 Å². The number of nitrogens with one attached hydrogen (secondary N) is 1. The molecule has 0 radical (unpaired) electrons. The number of carbonyl (C=O) groups is 1. The van der Waals surface area contributed by atoms with E-state index in [1.54, 1.807) is 0 Å². The number of para-hydroxylation sites is 1. The first-order valence-electron chi connectivity index (χ1n) is 9.56. The fourth-order valence-electron chi connectivity index (χ4n) is 3.41. The van der Waals surface area contributed by atoms with Gasteiger partial charge in [-0.05, 0) is 68.7 Å². The summed E-state index contributed by atoms with van der Waals surface area (Å²) in [4.78, 5) is 14.9. The molecule has 1 amide bonds. The zero-order valence-electron chi connectivity index (χ0n) is 15.5. The third-order valence-corrected chi connectivity index (χ3v) is 4.84. The number of ether oxygens (including phenoxy) is 1. The summed E-state index contributed by atoms with van der Waals surface area (Å²) < 4.78 is 5.86. The van der Waals surface area contributed by atoms with Crippen LogP contribution in [0.25, 0.3) is 0 Å². The molecule has 0 spiro atoms. The Bertz CT molecular complexity index is 694. The van der Waals surface area contributed by atoms with Crippen LogP contribution in [0.4, 0.5) is 0 Å². The summed E-state index contributed by atoms with van der Waals surface area (Å²) in [5.41, 5.74) is 1.05. The minimum Gasteiger partial charge on any atom is -0.457 e. The Hall–Kier alpha value is -2.33. The van der Waals surface area contributed by atoms with Crippen LogP contribution in [-0.4, -0.2) is 30.4 Å². The van der Waals surface area contributed by atoms with E-state index in [2.05, 4.69) is 17.1 Å². The molecule has 0 aromatic heterocycles. The van der Waals surface area contributed by atoms with Crippen LogP contribution in [0.1, 0.15) is 31.7 Å². The molecule has 1 fully saturated rings. The molecule has 1 N–H and O–H groups in total. The predicted molar refractivity (Wildman–Crippen MR) is 104 cm³/mol. The van der Waals surface area contributed by atoms with Crippen molar-refractivity contribution < 1.29 is 9.53 Å². The van der Waals surface area contributed by atoms with Gasteiger partial charge in [-0.2, -0.15) is 0 Å². The summed E-state index contributed by atoms with van der Waals surface area (Å²) in [6, 6.07) is 17.6. The van der Waals surface area contributed by atoms with Crippen LogP contribution < -0.4 is 10.1 Å². The van der Waals surface area contributed by atoms with E-state index in [0.717, 1.165) is 49.5 Å². The van der Waals surface area contributed by atoms with Gasteiger partial charge in [-0.25, -0.2) is 0 Å². The highest BCUT2D eigenvalue weighted by Crippen LogP contribution is 2.22. The molecule has 26 heavy (non-hydrogen) atoms. The highest BCUT2D eigenvalue weighted by Gasteiger charge is 2.24. The van der Waals surface area contributed by atoms with Gasteiger partial charge in [0.2, 0.25) is 5.91 Å². The second-order valence-electron chi connectivity index (χ2n) is 6.90. The van der Waals surface area contributed by atoms with Crippen molar-refractivity contribution in [1.29, 1.82) is 0 Å². The van der Waals surface area contributed by atoms with Gasteiger partial charge in [-0.1, -0.05) is 37.3 Å². The molecule has 1 heterocycles. The van der Waals surface area contributed by atoms with E-state index in [4.69, 9.17) is 4.74 Å². The lowest BCUT2D eigenvalue weighted by Crippen LogP contribution is -2.40. The molecule has 3 rings (SSSR count). The Labute approximate surface area is 156 Å². The summed E-state index contributed by atoms with van der Waals surface area (Å²) in [5, 5.41) is 3.09. The summed E-state index contributed by atoms with van der Waals surface area (Å²) in [6.45, 7) is 5.95. The third-order valence-electron chi connectivity index (χ3n) is 4.84. The first-order valence-corrected chi connectivity index (χ1v) is 9.56. The molecule has 4 nitrogen and oxygen atoms in total. The fraction of sp³-hybridized carbons (Fsp3) is 0.409. The van der Waals surface area contributed by atoms with Crippen molar-refractivity contribution in [1.82, 2.24) is 10.2 Å². The number of likely N-dealkylation sites (tertiary alicyclic amines) is 1. The molecular weight excluding hydrogens is 324 g/mol. The first kappa shape index (κ1) is 18.5. The van der Waals surface area contributed by atoms with Crippen molar-refractivity contribution in [3.63, 3.8) is 0 Å². The standard InChI is InChI=1S/C22H28N2O2/c1-2-13-24-14-11-19(12-15-24)22(25)23-17-18-7-6-10-21(16-18)26-20-8-4-3-5-9-20/h3-10,16,19H,2,11-15,17H2,1H3,(H,23,25). The largest absolute Gasteiger partial charge is 0.457 e. The van der Waals surface area contributed by atoms with Gasteiger partial charge in [0.05, 0.1) is 0 Å². The minimum atomic E-state index is 0.145. The summed E-state index contributed by atoms with van der Waals surface area (Å²) in [5.74, 6) is 1.92. The first-order chi connectivity index (χ1) is 12.7. The number of amides is 1. The number of rotatable bonds is 7. The van der Waals surface area contributed by atoms with Gasteiger partial charge in [-0.15, -0.1) is 0 Å². The Morgan fingerprint density at radius 2 is 1.81 bits per heavy atom. The van der Waals surface area contributed by atoms with Gasteiger partial charge in [0, 0.05) is 12.5 Å².